The molecular formula is C14H9BrClN3S. The number of fused-ring (bicyclic) bond motifs is 1. The van der Waals surface area contributed by atoms with Crippen molar-refractivity contribution >= 4 is 49.9 Å². The van der Waals surface area contributed by atoms with Gasteiger partial charge in [-0.15, -0.1) is 22.9 Å². The van der Waals surface area contributed by atoms with Crippen molar-refractivity contribution in [2.45, 2.75) is 12.4 Å². The molecule has 1 aromatic carbocycles. The molecule has 0 spiro atoms. The topological polar surface area (TPSA) is 41.6 Å². The molecule has 0 saturated heterocycles. The first-order valence-corrected chi connectivity index (χ1v) is 8.11. The number of imidazole rings is 1. The van der Waals surface area contributed by atoms with E-state index < -0.39 is 0 Å². The first kappa shape index (κ1) is 13.6. The van der Waals surface area contributed by atoms with E-state index in [1.54, 1.807) is 17.4 Å². The zero-order valence-electron chi connectivity index (χ0n) is 10.3. The van der Waals surface area contributed by atoms with Gasteiger partial charge in [0.15, 0.2) is 0 Å². The molecule has 0 radical (unpaired) electrons. The molecule has 0 unspecified atom stereocenters. The molecule has 3 nitrogen and oxygen atoms in total. The average molecular weight is 367 g/mol. The monoisotopic (exact) mass is 365 g/mol. The van der Waals surface area contributed by atoms with Crippen LogP contribution in [0.15, 0.2) is 34.1 Å². The third-order valence-electron chi connectivity index (χ3n) is 3.09. The maximum atomic E-state index is 9.17. The number of alkyl halides is 1. The Labute approximate surface area is 133 Å². The highest BCUT2D eigenvalue weighted by Crippen LogP contribution is 2.27. The second kappa shape index (κ2) is 5.57. The maximum absolute atomic E-state index is 9.17. The number of para-hydroxylation sites is 1. The van der Waals surface area contributed by atoms with Gasteiger partial charge in [-0.2, -0.15) is 5.26 Å². The molecule has 0 aliphatic rings. The summed E-state index contributed by atoms with van der Waals surface area (Å²) in [4.78, 5) is 5.72. The molecule has 100 valence electrons. The van der Waals surface area contributed by atoms with Gasteiger partial charge in [-0.05, 0) is 39.5 Å². The van der Waals surface area contributed by atoms with Gasteiger partial charge in [0.05, 0.1) is 23.5 Å². The summed E-state index contributed by atoms with van der Waals surface area (Å²) in [5, 5.41) is 11.2. The fourth-order valence-electron chi connectivity index (χ4n) is 2.15. The van der Waals surface area contributed by atoms with Crippen molar-refractivity contribution in [2.75, 3.05) is 0 Å². The van der Waals surface area contributed by atoms with Crippen molar-refractivity contribution in [3.05, 3.63) is 50.4 Å². The lowest BCUT2D eigenvalue weighted by molar-refractivity contribution is 0.787. The summed E-state index contributed by atoms with van der Waals surface area (Å²) in [6.07, 6.45) is 0. The molecule has 6 heteroatoms. The minimum absolute atomic E-state index is 0.322. The van der Waals surface area contributed by atoms with E-state index in [9.17, 15) is 5.26 Å². The zero-order valence-corrected chi connectivity index (χ0v) is 13.5. The van der Waals surface area contributed by atoms with Crippen LogP contribution in [0.5, 0.6) is 0 Å². The third-order valence-corrected chi connectivity index (χ3v) is 5.24. The molecule has 0 amide bonds. The molecule has 3 aromatic rings. The summed E-state index contributed by atoms with van der Waals surface area (Å²) in [5.74, 6) is 1.10. The summed E-state index contributed by atoms with van der Waals surface area (Å²) in [6, 6.07) is 9.83. The zero-order chi connectivity index (χ0) is 14.1. The van der Waals surface area contributed by atoms with Crippen LogP contribution in [0.1, 0.15) is 16.3 Å². The number of hydrogen-bond acceptors (Lipinski definition) is 3. The van der Waals surface area contributed by atoms with Crippen LogP contribution in [0.3, 0.4) is 0 Å². The molecule has 0 atom stereocenters. The molecule has 0 fully saturated rings. The van der Waals surface area contributed by atoms with E-state index in [2.05, 4.69) is 31.6 Å². The number of rotatable bonds is 3. The van der Waals surface area contributed by atoms with Crippen molar-refractivity contribution in [1.29, 1.82) is 5.26 Å². The van der Waals surface area contributed by atoms with E-state index in [1.165, 1.54) is 4.88 Å². The molecule has 3 rings (SSSR count). The van der Waals surface area contributed by atoms with Crippen molar-refractivity contribution in [3.63, 3.8) is 0 Å². The number of aromatic nitrogens is 2. The van der Waals surface area contributed by atoms with Crippen molar-refractivity contribution in [2.24, 2.45) is 0 Å². The van der Waals surface area contributed by atoms with E-state index in [0.29, 0.717) is 18.0 Å². The summed E-state index contributed by atoms with van der Waals surface area (Å²) in [5.41, 5.74) is 2.25. The quantitative estimate of drug-likeness (QED) is 0.640. The molecule has 0 saturated carbocycles. The van der Waals surface area contributed by atoms with Gasteiger partial charge in [-0.25, -0.2) is 4.98 Å². The minimum Gasteiger partial charge on any atom is -0.322 e. The molecule has 0 aliphatic carbocycles. The van der Waals surface area contributed by atoms with Gasteiger partial charge in [0.25, 0.3) is 0 Å². The average Bonchev–Trinajstić information content (AvgIpc) is 3.03. The lowest BCUT2D eigenvalue weighted by Crippen LogP contribution is -2.02. The van der Waals surface area contributed by atoms with Crippen molar-refractivity contribution in [1.82, 2.24) is 9.55 Å². The van der Waals surface area contributed by atoms with Gasteiger partial charge in [0, 0.05) is 9.35 Å². The largest absolute Gasteiger partial charge is 0.322 e. The first-order chi connectivity index (χ1) is 9.74. The Morgan fingerprint density at radius 1 is 1.40 bits per heavy atom. The lowest BCUT2D eigenvalue weighted by Gasteiger charge is -2.06. The van der Waals surface area contributed by atoms with Crippen LogP contribution in [0.25, 0.3) is 11.0 Å². The van der Waals surface area contributed by atoms with Gasteiger partial charge in [-0.1, -0.05) is 6.07 Å². The second-order valence-electron chi connectivity index (χ2n) is 4.22. The summed E-state index contributed by atoms with van der Waals surface area (Å²) in [6.45, 7) is 0.700. The number of halogens is 2. The molecule has 2 heterocycles. The van der Waals surface area contributed by atoms with Crippen LogP contribution < -0.4 is 0 Å². The number of benzene rings is 1. The molecule has 0 bridgehead atoms. The van der Waals surface area contributed by atoms with Gasteiger partial charge >= 0.3 is 0 Å². The highest BCUT2D eigenvalue weighted by atomic mass is 79.9. The van der Waals surface area contributed by atoms with E-state index >= 15 is 0 Å². The number of nitriles is 1. The summed E-state index contributed by atoms with van der Waals surface area (Å²) in [7, 11) is 0. The van der Waals surface area contributed by atoms with Gasteiger partial charge in [-0.3, -0.25) is 0 Å². The number of thiophene rings is 1. The molecule has 20 heavy (non-hydrogen) atoms. The molecule has 0 N–H and O–H groups in total. The second-order valence-corrected chi connectivity index (χ2v) is 6.35. The highest BCUT2D eigenvalue weighted by molar-refractivity contribution is 9.10. The Bertz CT molecular complexity index is 816. The Kier molecular flexibility index (Phi) is 3.79. The van der Waals surface area contributed by atoms with Crippen LogP contribution in [0, 0.1) is 11.3 Å². The Hall–Kier alpha value is -1.35. The van der Waals surface area contributed by atoms with Gasteiger partial charge in [0.2, 0.25) is 0 Å². The van der Waals surface area contributed by atoms with Crippen molar-refractivity contribution < 1.29 is 0 Å². The van der Waals surface area contributed by atoms with E-state index in [4.69, 9.17) is 11.6 Å². The predicted octanol–water partition coefficient (Wildman–Crippen LogP) is 4.52. The fraction of sp³-hybridized carbons (Fsp3) is 0.143. The minimum atomic E-state index is 0.322. The third kappa shape index (κ3) is 2.24. The maximum Gasteiger partial charge on any atom is 0.125 e. The van der Waals surface area contributed by atoms with Crippen LogP contribution in [0.4, 0.5) is 0 Å². The predicted molar refractivity (Wildman–Crippen MR) is 85.1 cm³/mol. The Balaban J connectivity index is 2.19. The van der Waals surface area contributed by atoms with Crippen molar-refractivity contribution in [3.8, 4) is 6.07 Å². The van der Waals surface area contributed by atoms with Gasteiger partial charge in [0.1, 0.15) is 17.4 Å². The summed E-state index contributed by atoms with van der Waals surface area (Å²) < 4.78 is 3.15. The number of nitrogens with zero attached hydrogens (tertiary/aromatic N) is 3. The molecule has 2 aromatic heterocycles. The van der Waals surface area contributed by atoms with E-state index in [1.807, 2.05) is 23.6 Å². The normalized spacial score (nSPS) is 10.8. The van der Waals surface area contributed by atoms with E-state index in [0.717, 1.165) is 21.3 Å². The lowest BCUT2D eigenvalue weighted by atomic mass is 10.2. The highest BCUT2D eigenvalue weighted by Gasteiger charge is 2.14. The van der Waals surface area contributed by atoms with Crippen LogP contribution >= 0.6 is 38.9 Å². The van der Waals surface area contributed by atoms with Crippen LogP contribution in [-0.4, -0.2) is 9.55 Å². The smallest absolute Gasteiger partial charge is 0.125 e. The standard InChI is InChI=1S/C14H9BrClN3S/c15-10-4-5-20-12(10)8-19-11-3-1-2-9(7-17)14(11)18-13(19)6-16/h1-5H,6,8H2. The number of hydrogen-bond donors (Lipinski definition) is 0. The Morgan fingerprint density at radius 2 is 2.25 bits per heavy atom. The molecule has 0 aliphatic heterocycles. The fourth-order valence-corrected chi connectivity index (χ4v) is 3.81. The first-order valence-electron chi connectivity index (χ1n) is 5.90. The van der Waals surface area contributed by atoms with Crippen LogP contribution in [0.2, 0.25) is 0 Å². The molecular weight excluding hydrogens is 358 g/mol. The Morgan fingerprint density at radius 3 is 2.90 bits per heavy atom. The van der Waals surface area contributed by atoms with Crippen LogP contribution in [-0.2, 0) is 12.4 Å². The summed E-state index contributed by atoms with van der Waals surface area (Å²) >= 11 is 11.2. The van der Waals surface area contributed by atoms with E-state index in [-0.39, 0.29) is 0 Å². The SMILES string of the molecule is N#Cc1cccc2c1nc(CCl)n2Cc1sccc1Br. The van der Waals surface area contributed by atoms with Gasteiger partial charge < -0.3 is 4.57 Å².